The number of anilines is 1. The maximum Gasteiger partial charge on any atom is 0.294 e. The van der Waals surface area contributed by atoms with Gasteiger partial charge in [-0.3, -0.25) is 19.3 Å². The second kappa shape index (κ2) is 8.12. The number of benzene rings is 2. The number of nitrogens with one attached hydrogen (secondary N) is 1. The van der Waals surface area contributed by atoms with Gasteiger partial charge in [-0.25, -0.2) is 4.39 Å². The fourth-order valence-electron chi connectivity index (χ4n) is 2.29. The molecule has 0 radical (unpaired) electrons. The highest BCUT2D eigenvalue weighted by Gasteiger charge is 2.36. The van der Waals surface area contributed by atoms with E-state index in [0.29, 0.717) is 33.1 Å². The zero-order chi connectivity index (χ0) is 19.6. The number of carbonyl (C=O) groups is 3. The van der Waals surface area contributed by atoms with Crippen LogP contribution in [-0.4, -0.2) is 28.5 Å². The zero-order valence-corrected chi connectivity index (χ0v) is 15.9. The number of rotatable bonds is 4. The highest BCUT2D eigenvalue weighted by molar-refractivity contribution is 8.18. The molecule has 3 amide bonds. The lowest BCUT2D eigenvalue weighted by Gasteiger charge is -2.12. The molecule has 1 saturated heterocycles. The number of imide groups is 1. The van der Waals surface area contributed by atoms with Crippen molar-refractivity contribution < 1.29 is 18.8 Å². The lowest BCUT2D eigenvalue weighted by molar-refractivity contribution is -0.127. The summed E-state index contributed by atoms with van der Waals surface area (Å²) in [7, 11) is 0. The van der Waals surface area contributed by atoms with Crippen molar-refractivity contribution in [2.45, 2.75) is 0 Å². The molecule has 1 fully saturated rings. The Morgan fingerprint density at radius 1 is 1.11 bits per heavy atom. The summed E-state index contributed by atoms with van der Waals surface area (Å²) in [4.78, 5) is 37.6. The van der Waals surface area contributed by atoms with Crippen molar-refractivity contribution in [3.05, 3.63) is 68.8 Å². The molecule has 0 bridgehead atoms. The highest BCUT2D eigenvalue weighted by Crippen LogP contribution is 2.35. The number of carbonyl (C=O) groups excluding carboxylic acids is 3. The van der Waals surface area contributed by atoms with E-state index < -0.39 is 29.4 Å². The van der Waals surface area contributed by atoms with Gasteiger partial charge in [0.25, 0.3) is 11.1 Å². The Morgan fingerprint density at radius 2 is 1.74 bits per heavy atom. The Labute approximate surface area is 168 Å². The summed E-state index contributed by atoms with van der Waals surface area (Å²) in [6, 6.07) is 10.0. The Balaban J connectivity index is 1.73. The number of nitrogens with zero attached hydrogens (tertiary/aromatic N) is 1. The summed E-state index contributed by atoms with van der Waals surface area (Å²) in [5, 5.41) is 2.59. The van der Waals surface area contributed by atoms with Crippen molar-refractivity contribution >= 4 is 63.8 Å². The van der Waals surface area contributed by atoms with Crippen LogP contribution in [0.15, 0.2) is 47.4 Å². The highest BCUT2D eigenvalue weighted by atomic mass is 35.5. The lowest BCUT2D eigenvalue weighted by atomic mass is 10.2. The molecule has 9 heteroatoms. The first-order valence-corrected chi connectivity index (χ1v) is 9.17. The van der Waals surface area contributed by atoms with Gasteiger partial charge in [-0.15, -0.1) is 0 Å². The first-order chi connectivity index (χ1) is 12.8. The van der Waals surface area contributed by atoms with E-state index in [4.69, 9.17) is 23.2 Å². The third-order valence-electron chi connectivity index (χ3n) is 3.58. The van der Waals surface area contributed by atoms with Crippen LogP contribution in [0.25, 0.3) is 6.08 Å². The monoisotopic (exact) mass is 424 g/mol. The minimum atomic E-state index is -0.616. The van der Waals surface area contributed by atoms with E-state index >= 15 is 0 Å². The number of amides is 3. The summed E-state index contributed by atoms with van der Waals surface area (Å²) in [6.45, 7) is -0.463. The van der Waals surface area contributed by atoms with Gasteiger partial charge in [-0.2, -0.15) is 0 Å². The van der Waals surface area contributed by atoms with Crippen LogP contribution < -0.4 is 5.32 Å². The van der Waals surface area contributed by atoms with E-state index in [1.165, 1.54) is 30.3 Å². The molecule has 138 valence electrons. The van der Waals surface area contributed by atoms with Gasteiger partial charge < -0.3 is 5.32 Å². The third kappa shape index (κ3) is 4.50. The molecular formula is C18H11Cl2FN2O3S. The van der Waals surface area contributed by atoms with Gasteiger partial charge in [0, 0.05) is 21.3 Å². The molecule has 27 heavy (non-hydrogen) atoms. The molecule has 0 aromatic heterocycles. The van der Waals surface area contributed by atoms with Crippen molar-refractivity contribution in [3.63, 3.8) is 0 Å². The van der Waals surface area contributed by atoms with Gasteiger partial charge >= 0.3 is 0 Å². The molecule has 2 aromatic carbocycles. The molecule has 3 rings (SSSR count). The van der Waals surface area contributed by atoms with Crippen LogP contribution in [-0.2, 0) is 9.59 Å². The van der Waals surface area contributed by atoms with E-state index in [1.54, 1.807) is 18.2 Å². The van der Waals surface area contributed by atoms with Crippen LogP contribution in [0.5, 0.6) is 0 Å². The number of thioether (sulfide) groups is 1. The molecule has 1 aliphatic heterocycles. The van der Waals surface area contributed by atoms with E-state index in [0.717, 1.165) is 4.90 Å². The van der Waals surface area contributed by atoms with Gasteiger partial charge in [0.2, 0.25) is 5.91 Å². The maximum absolute atomic E-state index is 12.9. The quantitative estimate of drug-likeness (QED) is 0.715. The molecule has 2 aromatic rings. The van der Waals surface area contributed by atoms with Crippen LogP contribution in [0.4, 0.5) is 14.9 Å². The van der Waals surface area contributed by atoms with Crippen molar-refractivity contribution in [2.75, 3.05) is 11.9 Å². The predicted octanol–water partition coefficient (Wildman–Crippen LogP) is 4.81. The fourth-order valence-corrected chi connectivity index (χ4v) is 3.62. The third-order valence-corrected chi connectivity index (χ3v) is 5.14. The first-order valence-electron chi connectivity index (χ1n) is 7.60. The van der Waals surface area contributed by atoms with E-state index in [9.17, 15) is 18.8 Å². The normalized spacial score (nSPS) is 15.5. The van der Waals surface area contributed by atoms with E-state index in [2.05, 4.69) is 5.32 Å². The number of hydrogen-bond acceptors (Lipinski definition) is 4. The smallest absolute Gasteiger partial charge is 0.294 e. The summed E-state index contributed by atoms with van der Waals surface area (Å²) >= 11 is 12.8. The Bertz CT molecular complexity index is 943. The summed E-state index contributed by atoms with van der Waals surface area (Å²) in [5.41, 5.74) is 0.772. The summed E-state index contributed by atoms with van der Waals surface area (Å²) in [5.74, 6) is -1.64. The van der Waals surface area contributed by atoms with Crippen molar-refractivity contribution in [2.24, 2.45) is 0 Å². The predicted molar refractivity (Wildman–Crippen MR) is 104 cm³/mol. The molecule has 1 aliphatic rings. The number of hydrogen-bond donors (Lipinski definition) is 1. The first kappa shape index (κ1) is 19.4. The molecule has 5 nitrogen and oxygen atoms in total. The van der Waals surface area contributed by atoms with Crippen LogP contribution in [0.3, 0.4) is 0 Å². The van der Waals surface area contributed by atoms with Crippen molar-refractivity contribution in [1.82, 2.24) is 4.90 Å². The van der Waals surface area contributed by atoms with E-state index in [-0.39, 0.29) is 4.91 Å². The molecule has 0 unspecified atom stereocenters. The van der Waals surface area contributed by atoms with Gasteiger partial charge in [0.05, 0.1) is 4.91 Å². The van der Waals surface area contributed by atoms with Crippen LogP contribution in [0, 0.1) is 5.82 Å². The molecule has 0 spiro atoms. The minimum absolute atomic E-state index is 0.115. The average molecular weight is 425 g/mol. The van der Waals surface area contributed by atoms with Gasteiger partial charge in [0.15, 0.2) is 0 Å². The summed E-state index contributed by atoms with van der Waals surface area (Å²) in [6.07, 6.45) is 1.42. The van der Waals surface area contributed by atoms with Crippen molar-refractivity contribution in [3.8, 4) is 0 Å². The van der Waals surface area contributed by atoms with Crippen LogP contribution >= 0.6 is 35.0 Å². The molecule has 0 saturated carbocycles. The van der Waals surface area contributed by atoms with Crippen LogP contribution in [0.1, 0.15) is 5.56 Å². The molecular weight excluding hydrogens is 414 g/mol. The van der Waals surface area contributed by atoms with Gasteiger partial charge in [-0.1, -0.05) is 29.3 Å². The van der Waals surface area contributed by atoms with Crippen LogP contribution in [0.2, 0.25) is 10.0 Å². The lowest BCUT2D eigenvalue weighted by Crippen LogP contribution is -2.36. The zero-order valence-electron chi connectivity index (χ0n) is 13.5. The molecule has 0 aliphatic carbocycles. The van der Waals surface area contributed by atoms with Gasteiger partial charge in [-0.05, 0) is 54.2 Å². The second-order valence-electron chi connectivity index (χ2n) is 5.46. The Morgan fingerprint density at radius 3 is 2.37 bits per heavy atom. The topological polar surface area (TPSA) is 66.5 Å². The average Bonchev–Trinajstić information content (AvgIpc) is 2.88. The SMILES string of the molecule is O=C(CN1C(=O)S/C(=C/c2c(Cl)cccc2Cl)C1=O)Nc1ccc(F)cc1. The Hall–Kier alpha value is -2.35. The number of halogens is 3. The second-order valence-corrected chi connectivity index (χ2v) is 7.27. The fraction of sp³-hybridized carbons (Fsp3) is 0.0556. The van der Waals surface area contributed by atoms with Crippen molar-refractivity contribution in [1.29, 1.82) is 0 Å². The molecule has 1 heterocycles. The summed E-state index contributed by atoms with van der Waals surface area (Å²) < 4.78 is 12.9. The largest absolute Gasteiger partial charge is 0.325 e. The molecule has 0 atom stereocenters. The molecule has 1 N–H and O–H groups in total. The van der Waals surface area contributed by atoms with E-state index in [1.807, 2.05) is 0 Å². The maximum atomic E-state index is 12.9. The standard InChI is InChI=1S/C18H11Cl2FN2O3S/c19-13-2-1-3-14(20)12(13)8-15-17(25)23(18(26)27-15)9-16(24)22-11-6-4-10(21)5-7-11/h1-8H,9H2,(H,22,24)/b15-8+. The van der Waals surface area contributed by atoms with Gasteiger partial charge in [0.1, 0.15) is 12.4 Å². The minimum Gasteiger partial charge on any atom is -0.325 e. The Kier molecular flexibility index (Phi) is 5.84.